The fraction of sp³-hybridized carbons (Fsp3) is 0.783. The van der Waals surface area contributed by atoms with Gasteiger partial charge in [0.1, 0.15) is 12.3 Å². The van der Waals surface area contributed by atoms with Crippen molar-refractivity contribution >= 4 is 18.7 Å². The van der Waals surface area contributed by atoms with E-state index in [9.17, 15) is 9.59 Å². The molecule has 1 rings (SSSR count). The molecule has 1 heterocycles. The van der Waals surface area contributed by atoms with Crippen LogP contribution in [0, 0.1) is 5.92 Å². The van der Waals surface area contributed by atoms with Gasteiger partial charge in [-0.15, -0.1) is 0 Å². The number of ether oxygens (including phenoxy) is 1. The summed E-state index contributed by atoms with van der Waals surface area (Å²) in [6, 6.07) is -0.235. The van der Waals surface area contributed by atoms with Crippen molar-refractivity contribution in [1.29, 1.82) is 0 Å². The summed E-state index contributed by atoms with van der Waals surface area (Å²) >= 11 is 0. The largest absolute Gasteiger partial charge is 0.468 e. The van der Waals surface area contributed by atoms with E-state index in [2.05, 4.69) is 54.4 Å². The van der Waals surface area contributed by atoms with Crippen LogP contribution in [0.25, 0.3) is 0 Å². The highest BCUT2D eigenvalue weighted by Crippen LogP contribution is 2.29. The number of hydrogen-bond acceptors (Lipinski definition) is 7. The van der Waals surface area contributed by atoms with Crippen molar-refractivity contribution in [3.05, 3.63) is 12.7 Å². The Kier molecular flexibility index (Phi) is 15.0. The molecule has 0 aromatic rings. The molecule has 1 fully saturated rings. The molecule has 0 aliphatic carbocycles. The fourth-order valence-electron chi connectivity index (χ4n) is 4.40. The van der Waals surface area contributed by atoms with Crippen molar-refractivity contribution in [2.24, 2.45) is 5.92 Å². The number of methoxy groups -OCH3 is 1. The van der Waals surface area contributed by atoms with Crippen LogP contribution in [0.5, 0.6) is 0 Å². The van der Waals surface area contributed by atoms with Gasteiger partial charge in [-0.25, -0.2) is 0 Å². The maximum absolute atomic E-state index is 12.2. The van der Waals surface area contributed by atoms with Crippen LogP contribution in [-0.4, -0.2) is 105 Å². The SMILES string of the molecule is C=CC=O.CCCN1CCN(C)CC1(CCNC=O)CCN(C)C(C(=O)OC)C(C)C. The van der Waals surface area contributed by atoms with Crippen LogP contribution in [-0.2, 0) is 19.1 Å². The monoisotopic (exact) mass is 440 g/mol. The molecule has 0 radical (unpaired) electrons. The number of rotatable bonds is 13. The number of amides is 1. The number of hydrogen-bond donors (Lipinski definition) is 1. The number of nitrogens with zero attached hydrogens (tertiary/aromatic N) is 3. The second kappa shape index (κ2) is 15.9. The minimum atomic E-state index is -0.235. The molecule has 0 aromatic heterocycles. The summed E-state index contributed by atoms with van der Waals surface area (Å²) in [5.41, 5.74) is 0.00489. The molecule has 2 unspecified atom stereocenters. The van der Waals surface area contributed by atoms with Crippen LogP contribution in [0.3, 0.4) is 0 Å². The van der Waals surface area contributed by atoms with E-state index in [0.29, 0.717) is 12.8 Å². The second-order valence-electron chi connectivity index (χ2n) is 8.59. The molecule has 0 saturated carbocycles. The van der Waals surface area contributed by atoms with Gasteiger partial charge in [0, 0.05) is 38.3 Å². The van der Waals surface area contributed by atoms with Gasteiger partial charge in [0.2, 0.25) is 6.41 Å². The van der Waals surface area contributed by atoms with Gasteiger partial charge in [-0.3, -0.25) is 24.2 Å². The Labute approximate surface area is 189 Å². The number of carbonyl (C=O) groups excluding carboxylic acids is 3. The Morgan fingerprint density at radius 3 is 2.42 bits per heavy atom. The van der Waals surface area contributed by atoms with Crippen LogP contribution < -0.4 is 5.32 Å². The van der Waals surface area contributed by atoms with Gasteiger partial charge in [-0.05, 0) is 51.9 Å². The van der Waals surface area contributed by atoms with Crippen molar-refractivity contribution in [3.63, 3.8) is 0 Å². The predicted molar refractivity (Wildman–Crippen MR) is 125 cm³/mol. The third-order valence-electron chi connectivity index (χ3n) is 5.87. The lowest BCUT2D eigenvalue weighted by molar-refractivity contribution is -0.148. The molecule has 1 aliphatic rings. The summed E-state index contributed by atoms with van der Waals surface area (Å²) in [7, 11) is 5.63. The first-order valence-electron chi connectivity index (χ1n) is 11.2. The number of aldehydes is 1. The molecule has 31 heavy (non-hydrogen) atoms. The lowest BCUT2D eigenvalue weighted by Crippen LogP contribution is -2.63. The normalized spacial score (nSPS) is 20.5. The first kappa shape index (κ1) is 29.2. The Hall–Kier alpha value is -1.77. The van der Waals surface area contributed by atoms with E-state index in [4.69, 9.17) is 9.53 Å². The Morgan fingerprint density at radius 2 is 1.94 bits per heavy atom. The zero-order valence-corrected chi connectivity index (χ0v) is 20.4. The highest BCUT2D eigenvalue weighted by molar-refractivity contribution is 5.75. The van der Waals surface area contributed by atoms with Gasteiger partial charge in [-0.1, -0.05) is 27.4 Å². The van der Waals surface area contributed by atoms with E-state index >= 15 is 0 Å². The molecule has 8 heteroatoms. The number of esters is 1. The minimum absolute atomic E-state index is 0.00489. The van der Waals surface area contributed by atoms with Crippen LogP contribution in [0.15, 0.2) is 12.7 Å². The van der Waals surface area contributed by atoms with Crippen molar-refractivity contribution in [2.45, 2.75) is 51.6 Å². The summed E-state index contributed by atoms with van der Waals surface area (Å²) in [4.78, 5) is 39.2. The number of nitrogens with one attached hydrogen (secondary N) is 1. The highest BCUT2D eigenvalue weighted by Gasteiger charge is 2.40. The average Bonchev–Trinajstić information content (AvgIpc) is 2.74. The number of carbonyl (C=O) groups is 3. The molecular weight excluding hydrogens is 396 g/mol. The average molecular weight is 441 g/mol. The summed E-state index contributed by atoms with van der Waals surface area (Å²) in [5.74, 6) is 0.0197. The van der Waals surface area contributed by atoms with E-state index in [1.54, 1.807) is 0 Å². The first-order chi connectivity index (χ1) is 14.7. The summed E-state index contributed by atoms with van der Waals surface area (Å²) in [6.07, 6.45) is 5.59. The van der Waals surface area contributed by atoms with Crippen LogP contribution in [0.1, 0.15) is 40.0 Å². The maximum Gasteiger partial charge on any atom is 0.323 e. The van der Waals surface area contributed by atoms with Crippen molar-refractivity contribution in [2.75, 3.05) is 60.5 Å². The molecule has 0 spiro atoms. The van der Waals surface area contributed by atoms with Crippen molar-refractivity contribution in [1.82, 2.24) is 20.0 Å². The van der Waals surface area contributed by atoms with Gasteiger partial charge >= 0.3 is 5.97 Å². The van der Waals surface area contributed by atoms with Gasteiger partial charge in [0.05, 0.1) is 7.11 Å². The topological polar surface area (TPSA) is 82.2 Å². The fourth-order valence-corrected chi connectivity index (χ4v) is 4.40. The molecule has 1 saturated heterocycles. The quantitative estimate of drug-likeness (QED) is 0.201. The third kappa shape index (κ3) is 9.93. The smallest absolute Gasteiger partial charge is 0.323 e. The Balaban J connectivity index is 0.00000206. The van der Waals surface area contributed by atoms with Crippen LogP contribution in [0.2, 0.25) is 0 Å². The van der Waals surface area contributed by atoms with E-state index in [0.717, 1.165) is 58.4 Å². The number of allylic oxidation sites excluding steroid dienone is 1. The van der Waals surface area contributed by atoms with Gasteiger partial charge < -0.3 is 15.0 Å². The molecular formula is C23H44N4O4. The molecule has 0 bridgehead atoms. The van der Waals surface area contributed by atoms with E-state index in [-0.39, 0.29) is 23.5 Å². The Morgan fingerprint density at radius 1 is 1.29 bits per heavy atom. The van der Waals surface area contributed by atoms with Crippen LogP contribution >= 0.6 is 0 Å². The second-order valence-corrected chi connectivity index (χ2v) is 8.59. The Bertz CT molecular complexity index is 538. The van der Waals surface area contributed by atoms with Gasteiger partial charge in [0.25, 0.3) is 0 Å². The summed E-state index contributed by atoms with van der Waals surface area (Å²) in [5, 5.41) is 2.84. The van der Waals surface area contributed by atoms with Crippen LogP contribution in [0.4, 0.5) is 0 Å². The summed E-state index contributed by atoms with van der Waals surface area (Å²) in [6.45, 7) is 15.1. The zero-order valence-electron chi connectivity index (χ0n) is 20.4. The van der Waals surface area contributed by atoms with E-state index in [1.807, 2.05) is 7.05 Å². The zero-order chi connectivity index (χ0) is 23.9. The maximum atomic E-state index is 12.2. The first-order valence-corrected chi connectivity index (χ1v) is 11.2. The summed E-state index contributed by atoms with van der Waals surface area (Å²) < 4.78 is 5.02. The molecule has 1 N–H and O–H groups in total. The van der Waals surface area contributed by atoms with Crippen molar-refractivity contribution < 1.29 is 19.1 Å². The lowest BCUT2D eigenvalue weighted by atomic mass is 9.85. The molecule has 2 atom stereocenters. The molecule has 1 amide bonds. The standard InChI is InChI=1S/C20H40N4O3.C3H4O/c1-7-11-24-14-13-22(4)15-20(24,8-10-21-16-25)9-12-23(5)18(17(2)3)19(26)27-6;1-2-3-4/h16-18H,7-15H2,1-6H3,(H,21,25);2-3H,1H2. The predicted octanol–water partition coefficient (Wildman–Crippen LogP) is 1.41. The van der Waals surface area contributed by atoms with Crippen molar-refractivity contribution in [3.8, 4) is 0 Å². The van der Waals surface area contributed by atoms with Gasteiger partial charge in [0.15, 0.2) is 0 Å². The minimum Gasteiger partial charge on any atom is -0.468 e. The number of piperazine rings is 1. The van der Waals surface area contributed by atoms with E-state index < -0.39 is 0 Å². The lowest BCUT2D eigenvalue weighted by Gasteiger charge is -2.51. The molecule has 0 aromatic carbocycles. The third-order valence-corrected chi connectivity index (χ3v) is 5.87. The molecule has 180 valence electrons. The highest BCUT2D eigenvalue weighted by atomic mass is 16.5. The number of likely N-dealkylation sites (N-methyl/N-ethyl adjacent to an activating group) is 2. The molecule has 1 aliphatic heterocycles. The van der Waals surface area contributed by atoms with E-state index in [1.165, 1.54) is 13.2 Å². The molecule has 8 nitrogen and oxygen atoms in total. The van der Waals surface area contributed by atoms with Gasteiger partial charge in [-0.2, -0.15) is 0 Å².